The van der Waals surface area contributed by atoms with Gasteiger partial charge in [-0.05, 0) is 43.7 Å². The van der Waals surface area contributed by atoms with Crippen LogP contribution in [0, 0.1) is 10.8 Å². The summed E-state index contributed by atoms with van der Waals surface area (Å²) < 4.78 is 39.0. The molecular formula is C29H38N6O6S. The molecule has 2 aromatic rings. The van der Waals surface area contributed by atoms with Gasteiger partial charge >= 0.3 is 5.97 Å². The minimum Gasteiger partial charge on any atom is -0.489 e. The van der Waals surface area contributed by atoms with E-state index in [4.69, 9.17) is 26.0 Å². The molecule has 3 rings (SSSR count). The Hall–Kier alpha value is -4.39. The quantitative estimate of drug-likeness (QED) is 0.163. The van der Waals surface area contributed by atoms with Crippen molar-refractivity contribution in [3.63, 3.8) is 0 Å². The molecule has 0 aliphatic carbocycles. The molecule has 226 valence electrons. The summed E-state index contributed by atoms with van der Waals surface area (Å²) in [6, 6.07) is 11.4. The van der Waals surface area contributed by atoms with Crippen molar-refractivity contribution in [3.05, 3.63) is 65.2 Å². The molecule has 0 unspecified atom stereocenters. The van der Waals surface area contributed by atoms with E-state index in [1.807, 2.05) is 4.90 Å². The van der Waals surface area contributed by atoms with Crippen LogP contribution in [0.3, 0.4) is 0 Å². The van der Waals surface area contributed by atoms with Crippen molar-refractivity contribution < 1.29 is 27.5 Å². The Balaban J connectivity index is 1.94. The average Bonchev–Trinajstić information content (AvgIpc) is 2.95. The maximum absolute atomic E-state index is 13.4. The molecule has 13 heteroatoms. The van der Waals surface area contributed by atoms with Gasteiger partial charge in [-0.1, -0.05) is 30.4 Å². The number of hydrogen-bond acceptors (Lipinski definition) is 8. The van der Waals surface area contributed by atoms with E-state index in [0.29, 0.717) is 48.6 Å². The van der Waals surface area contributed by atoms with Crippen LogP contribution in [0.15, 0.2) is 48.5 Å². The van der Waals surface area contributed by atoms with Crippen LogP contribution < -0.4 is 20.1 Å². The number of ether oxygens (including phenoxy) is 2. The number of hydrogen-bond donors (Lipinski definition) is 4. The van der Waals surface area contributed by atoms with Gasteiger partial charge in [0.15, 0.2) is 5.75 Å². The summed E-state index contributed by atoms with van der Waals surface area (Å²) in [7, 11) is -2.75. The highest BCUT2D eigenvalue weighted by atomic mass is 32.2. The minimum atomic E-state index is -4.22. The highest BCUT2D eigenvalue weighted by Crippen LogP contribution is 2.30. The van der Waals surface area contributed by atoms with Crippen molar-refractivity contribution in [2.24, 2.45) is 5.73 Å². The summed E-state index contributed by atoms with van der Waals surface area (Å²) in [4.78, 5) is 27.0. The monoisotopic (exact) mass is 598 g/mol. The third kappa shape index (κ3) is 8.56. The SMILES string of the molecule is CCOC(=O)CS(=O)(=O)N(C/C=C/c1cccc(C(=N)N)c1)c1ccc(OC2CCN(C(C)=N)CC2)c(C(=O)NC)c1. The van der Waals surface area contributed by atoms with E-state index in [9.17, 15) is 18.0 Å². The van der Waals surface area contributed by atoms with Gasteiger partial charge in [0.2, 0.25) is 10.0 Å². The second kappa shape index (κ2) is 14.5. The van der Waals surface area contributed by atoms with Gasteiger partial charge < -0.3 is 25.4 Å². The van der Waals surface area contributed by atoms with Crippen molar-refractivity contribution in [2.75, 3.05) is 43.3 Å². The molecule has 42 heavy (non-hydrogen) atoms. The number of nitrogens with two attached hydrogens (primary N) is 1. The lowest BCUT2D eigenvalue weighted by Gasteiger charge is -2.33. The Morgan fingerprint density at radius 1 is 1.17 bits per heavy atom. The number of likely N-dealkylation sites (tertiary alicyclic amines) is 1. The zero-order valence-corrected chi connectivity index (χ0v) is 24.9. The first-order chi connectivity index (χ1) is 19.9. The summed E-state index contributed by atoms with van der Waals surface area (Å²) in [6.45, 7) is 4.53. The van der Waals surface area contributed by atoms with E-state index < -0.39 is 27.7 Å². The third-order valence-electron chi connectivity index (χ3n) is 6.65. The molecule has 0 bridgehead atoms. The Morgan fingerprint density at radius 2 is 1.88 bits per heavy atom. The number of benzene rings is 2. The van der Waals surface area contributed by atoms with E-state index >= 15 is 0 Å². The number of carbonyl (C=O) groups excluding carboxylic acids is 2. The van der Waals surface area contributed by atoms with Crippen LogP contribution in [0.25, 0.3) is 6.08 Å². The molecule has 0 aromatic heterocycles. The fourth-order valence-electron chi connectivity index (χ4n) is 4.48. The lowest BCUT2D eigenvalue weighted by Crippen LogP contribution is -2.40. The van der Waals surface area contributed by atoms with Gasteiger partial charge in [-0.15, -0.1) is 0 Å². The van der Waals surface area contributed by atoms with Gasteiger partial charge in [0.25, 0.3) is 5.91 Å². The van der Waals surface area contributed by atoms with Crippen LogP contribution in [0.5, 0.6) is 5.75 Å². The van der Waals surface area contributed by atoms with Crippen LogP contribution in [-0.2, 0) is 19.6 Å². The number of nitrogens with one attached hydrogen (secondary N) is 3. The smallest absolute Gasteiger partial charge is 0.323 e. The normalized spacial score (nSPS) is 13.9. The van der Waals surface area contributed by atoms with Crippen LogP contribution in [0.4, 0.5) is 5.69 Å². The lowest BCUT2D eigenvalue weighted by atomic mass is 10.1. The molecule has 1 aliphatic rings. The lowest BCUT2D eigenvalue weighted by molar-refractivity contribution is -0.139. The Morgan fingerprint density at radius 3 is 2.50 bits per heavy atom. The second-order valence-corrected chi connectivity index (χ2v) is 11.6. The number of carbonyl (C=O) groups is 2. The van der Waals surface area contributed by atoms with E-state index in [1.165, 1.54) is 19.2 Å². The number of anilines is 1. The first-order valence-electron chi connectivity index (χ1n) is 13.5. The summed E-state index contributed by atoms with van der Waals surface area (Å²) >= 11 is 0. The second-order valence-electron chi connectivity index (χ2n) is 9.68. The van der Waals surface area contributed by atoms with Gasteiger partial charge in [0.05, 0.1) is 30.2 Å². The van der Waals surface area contributed by atoms with Gasteiger partial charge in [0.1, 0.15) is 17.7 Å². The predicted octanol–water partition coefficient (Wildman–Crippen LogP) is 2.58. The van der Waals surface area contributed by atoms with Crippen molar-refractivity contribution in [3.8, 4) is 5.75 Å². The molecule has 0 atom stereocenters. The third-order valence-corrected chi connectivity index (χ3v) is 8.29. The maximum atomic E-state index is 13.4. The molecule has 0 saturated carbocycles. The number of sulfonamides is 1. The summed E-state index contributed by atoms with van der Waals surface area (Å²) in [5.74, 6) is -1.52. The highest BCUT2D eigenvalue weighted by Gasteiger charge is 2.28. The fraction of sp³-hybridized carbons (Fsp3) is 0.379. The summed E-state index contributed by atoms with van der Waals surface area (Å²) in [5, 5.41) is 18.0. The molecule has 1 aliphatic heterocycles. The zero-order valence-electron chi connectivity index (χ0n) is 24.1. The van der Waals surface area contributed by atoms with Gasteiger partial charge in [0, 0.05) is 38.5 Å². The first-order valence-corrected chi connectivity index (χ1v) is 15.2. The fourth-order valence-corrected chi connectivity index (χ4v) is 5.77. The number of amides is 1. The van der Waals surface area contributed by atoms with Crippen molar-refractivity contribution in [2.45, 2.75) is 32.8 Å². The van der Waals surface area contributed by atoms with E-state index in [2.05, 4.69) is 5.32 Å². The summed E-state index contributed by atoms with van der Waals surface area (Å²) in [6.07, 6.45) is 4.44. The van der Waals surface area contributed by atoms with Crippen molar-refractivity contribution in [1.82, 2.24) is 10.2 Å². The van der Waals surface area contributed by atoms with Crippen LogP contribution in [0.1, 0.15) is 48.2 Å². The largest absolute Gasteiger partial charge is 0.489 e. The zero-order chi connectivity index (χ0) is 30.9. The number of nitrogens with zero attached hydrogens (tertiary/aromatic N) is 2. The molecule has 0 spiro atoms. The molecule has 1 heterocycles. The molecule has 2 aromatic carbocycles. The topological polar surface area (TPSA) is 179 Å². The number of rotatable bonds is 12. The predicted molar refractivity (Wildman–Crippen MR) is 163 cm³/mol. The molecular weight excluding hydrogens is 560 g/mol. The van der Waals surface area contributed by atoms with Crippen LogP contribution >= 0.6 is 0 Å². The molecule has 1 amide bonds. The van der Waals surface area contributed by atoms with E-state index in [0.717, 1.165) is 4.31 Å². The maximum Gasteiger partial charge on any atom is 0.323 e. The van der Waals surface area contributed by atoms with Gasteiger partial charge in [-0.3, -0.25) is 24.7 Å². The van der Waals surface area contributed by atoms with E-state index in [1.54, 1.807) is 56.3 Å². The van der Waals surface area contributed by atoms with Crippen LogP contribution in [0.2, 0.25) is 0 Å². The van der Waals surface area contributed by atoms with Gasteiger partial charge in [-0.25, -0.2) is 8.42 Å². The highest BCUT2D eigenvalue weighted by molar-refractivity contribution is 7.93. The number of esters is 1. The Labute approximate surface area is 246 Å². The van der Waals surface area contributed by atoms with Crippen LogP contribution in [-0.4, -0.2) is 82.0 Å². The van der Waals surface area contributed by atoms with Crippen molar-refractivity contribution in [1.29, 1.82) is 10.8 Å². The number of piperidine rings is 1. The molecule has 1 fully saturated rings. The summed E-state index contributed by atoms with van der Waals surface area (Å²) in [5.41, 5.74) is 7.11. The van der Waals surface area contributed by atoms with E-state index in [-0.39, 0.29) is 36.3 Å². The number of nitrogen functional groups attached to an aromatic ring is 1. The Bertz CT molecular complexity index is 1450. The van der Waals surface area contributed by atoms with Crippen molar-refractivity contribution >= 4 is 45.3 Å². The molecule has 5 N–H and O–H groups in total. The standard InChI is InChI=1S/C29H38N6O6S/c1-4-40-27(36)19-42(38,39)35(14-6-8-21-7-5-9-22(17-21)28(31)32)23-10-11-26(25(18-23)29(37)33-3)41-24-12-15-34(16-13-24)20(2)30/h5-11,17-18,24,30H,4,12-16,19H2,1-3H3,(H3,31,32)(H,33,37)/b8-6+,30-20?. The average molecular weight is 599 g/mol. The Kier molecular flexibility index (Phi) is 11.1. The minimum absolute atomic E-state index is 0.0337. The van der Waals surface area contributed by atoms with Gasteiger partial charge in [-0.2, -0.15) is 0 Å². The molecule has 0 radical (unpaired) electrons. The molecule has 1 saturated heterocycles. The first kappa shape index (κ1) is 32.1. The molecule has 12 nitrogen and oxygen atoms in total. The number of amidine groups is 2.